The molecule has 0 amide bonds. The number of carbonyl (C=O) groups is 1. The van der Waals surface area contributed by atoms with Gasteiger partial charge in [0.2, 0.25) is 5.82 Å². The zero-order valence-corrected chi connectivity index (χ0v) is 19.9. The summed E-state index contributed by atoms with van der Waals surface area (Å²) in [6.07, 6.45) is 7.95. The van der Waals surface area contributed by atoms with E-state index in [9.17, 15) is 4.79 Å². The summed E-state index contributed by atoms with van der Waals surface area (Å²) in [5.74, 6) is 1.93. The predicted molar refractivity (Wildman–Crippen MR) is 138 cm³/mol. The van der Waals surface area contributed by atoms with Crippen LogP contribution in [0.3, 0.4) is 0 Å². The molecular formula is C27H28N6O. The zero-order chi connectivity index (χ0) is 24.5. The van der Waals surface area contributed by atoms with E-state index in [4.69, 9.17) is 4.98 Å². The van der Waals surface area contributed by atoms with Gasteiger partial charge in [-0.3, -0.25) is 9.78 Å². The number of carbonyl (C=O) groups excluding carboxylic acids is 1. The highest BCUT2D eigenvalue weighted by atomic mass is 16.1. The van der Waals surface area contributed by atoms with Crippen LogP contribution in [0.15, 0.2) is 85.1 Å². The molecule has 7 heteroatoms. The summed E-state index contributed by atoms with van der Waals surface area (Å²) in [5, 5.41) is 7.96. The van der Waals surface area contributed by atoms with Crippen LogP contribution >= 0.6 is 0 Å². The van der Waals surface area contributed by atoms with Gasteiger partial charge in [0.05, 0.1) is 11.3 Å². The van der Waals surface area contributed by atoms with E-state index in [0.717, 1.165) is 40.2 Å². The van der Waals surface area contributed by atoms with Crippen molar-refractivity contribution >= 4 is 23.5 Å². The first-order valence-electron chi connectivity index (χ1n) is 10.9. The minimum atomic E-state index is 0.516. The quantitative estimate of drug-likeness (QED) is 0.232. The van der Waals surface area contributed by atoms with Crippen molar-refractivity contribution in [3.05, 3.63) is 90.8 Å². The molecule has 4 rings (SSSR count). The van der Waals surface area contributed by atoms with Crippen molar-refractivity contribution in [3.63, 3.8) is 0 Å². The van der Waals surface area contributed by atoms with Crippen LogP contribution in [0, 0.1) is 0 Å². The second kappa shape index (κ2) is 11.5. The van der Waals surface area contributed by atoms with Crippen molar-refractivity contribution in [1.29, 1.82) is 0 Å². The number of aldehydes is 1. The summed E-state index contributed by atoms with van der Waals surface area (Å²) in [4.78, 5) is 23.5. The molecule has 0 aliphatic carbocycles. The number of hydrogen-bond donors (Lipinski definition) is 1. The highest BCUT2D eigenvalue weighted by molar-refractivity contribution is 5.87. The minimum Gasteiger partial charge on any atom is -0.372 e. The number of aromatic nitrogens is 5. The van der Waals surface area contributed by atoms with Crippen LogP contribution in [0.5, 0.6) is 0 Å². The van der Waals surface area contributed by atoms with Gasteiger partial charge in [-0.05, 0) is 44.0 Å². The van der Waals surface area contributed by atoms with Gasteiger partial charge in [-0.1, -0.05) is 61.2 Å². The number of anilines is 1. The molecule has 3 heterocycles. The average Bonchev–Trinajstić information content (AvgIpc) is 3.32. The van der Waals surface area contributed by atoms with Gasteiger partial charge in [0.15, 0.2) is 0 Å². The van der Waals surface area contributed by atoms with Crippen molar-refractivity contribution in [2.24, 2.45) is 0 Å². The molecule has 0 aliphatic heterocycles. The maximum absolute atomic E-state index is 9.74. The molecule has 0 atom stereocenters. The molecule has 1 aromatic carbocycles. The maximum Gasteiger partial charge on any atom is 0.255 e. The summed E-state index contributed by atoms with van der Waals surface area (Å²) in [6.45, 7) is 9.32. The number of benzene rings is 1. The third-order valence-electron chi connectivity index (χ3n) is 5.02. The van der Waals surface area contributed by atoms with Gasteiger partial charge in [-0.2, -0.15) is 9.50 Å². The SMILES string of the molecule is C/C=C(\C)c1nc2nc(-c3ccccn3)nn2c(NC)c1-c1ccccc1.C=C(C=O)/C=C\C. The number of rotatable bonds is 6. The fourth-order valence-electron chi connectivity index (χ4n) is 3.29. The molecule has 0 spiro atoms. The third-order valence-corrected chi connectivity index (χ3v) is 5.02. The monoisotopic (exact) mass is 452 g/mol. The summed E-state index contributed by atoms with van der Waals surface area (Å²) >= 11 is 0. The summed E-state index contributed by atoms with van der Waals surface area (Å²) in [7, 11) is 1.89. The third kappa shape index (κ3) is 5.32. The Morgan fingerprint density at radius 3 is 2.35 bits per heavy atom. The van der Waals surface area contributed by atoms with Gasteiger partial charge in [0.1, 0.15) is 17.8 Å². The Morgan fingerprint density at radius 2 is 1.79 bits per heavy atom. The van der Waals surface area contributed by atoms with E-state index in [1.807, 2.05) is 57.3 Å². The van der Waals surface area contributed by atoms with E-state index >= 15 is 0 Å². The highest BCUT2D eigenvalue weighted by Crippen LogP contribution is 2.34. The number of pyridine rings is 1. The molecule has 0 saturated carbocycles. The van der Waals surface area contributed by atoms with Gasteiger partial charge < -0.3 is 5.32 Å². The largest absolute Gasteiger partial charge is 0.372 e. The molecule has 0 radical (unpaired) electrons. The molecule has 4 aromatic rings. The Bertz CT molecular complexity index is 1340. The number of allylic oxidation sites excluding steroid dienone is 5. The molecule has 0 bridgehead atoms. The molecule has 0 aliphatic rings. The Hall–Kier alpha value is -4.39. The van der Waals surface area contributed by atoms with Crippen LogP contribution in [0.25, 0.3) is 34.0 Å². The van der Waals surface area contributed by atoms with Crippen LogP contribution in [0.1, 0.15) is 26.5 Å². The highest BCUT2D eigenvalue weighted by Gasteiger charge is 2.20. The van der Waals surface area contributed by atoms with Crippen molar-refractivity contribution < 1.29 is 4.79 Å². The van der Waals surface area contributed by atoms with E-state index in [0.29, 0.717) is 17.2 Å². The lowest BCUT2D eigenvalue weighted by atomic mass is 10.0. The lowest BCUT2D eigenvalue weighted by molar-refractivity contribution is -0.104. The van der Waals surface area contributed by atoms with Crippen LogP contribution in [-0.4, -0.2) is 37.9 Å². The summed E-state index contributed by atoms with van der Waals surface area (Å²) in [6, 6.07) is 15.9. The first kappa shape index (κ1) is 24.3. The van der Waals surface area contributed by atoms with E-state index in [1.54, 1.807) is 22.9 Å². The Kier molecular flexibility index (Phi) is 8.18. The summed E-state index contributed by atoms with van der Waals surface area (Å²) < 4.78 is 1.75. The molecular weight excluding hydrogens is 424 g/mol. The van der Waals surface area contributed by atoms with Crippen LogP contribution in [-0.2, 0) is 4.79 Å². The second-order valence-electron chi connectivity index (χ2n) is 7.33. The fourth-order valence-corrected chi connectivity index (χ4v) is 3.29. The van der Waals surface area contributed by atoms with E-state index in [2.05, 4.69) is 52.1 Å². The topological polar surface area (TPSA) is 85.1 Å². The minimum absolute atomic E-state index is 0.516. The molecule has 1 N–H and O–H groups in total. The second-order valence-corrected chi connectivity index (χ2v) is 7.33. The average molecular weight is 453 g/mol. The van der Waals surface area contributed by atoms with Gasteiger partial charge in [-0.15, -0.1) is 5.10 Å². The number of fused-ring (bicyclic) bond motifs is 1. The van der Waals surface area contributed by atoms with Crippen LogP contribution in [0.4, 0.5) is 5.82 Å². The molecule has 7 nitrogen and oxygen atoms in total. The Balaban J connectivity index is 0.000000406. The van der Waals surface area contributed by atoms with E-state index in [-0.39, 0.29) is 0 Å². The normalized spacial score (nSPS) is 11.2. The van der Waals surface area contributed by atoms with Gasteiger partial charge in [-0.25, -0.2) is 4.98 Å². The fraction of sp³-hybridized carbons (Fsp3) is 0.148. The lowest BCUT2D eigenvalue weighted by Crippen LogP contribution is -2.07. The summed E-state index contributed by atoms with van der Waals surface area (Å²) in [5.41, 5.74) is 5.27. The molecule has 34 heavy (non-hydrogen) atoms. The Labute approximate surface area is 199 Å². The number of nitrogens with one attached hydrogen (secondary N) is 1. The lowest BCUT2D eigenvalue weighted by Gasteiger charge is -2.15. The molecule has 172 valence electrons. The standard InChI is InChI=1S/C21H20N6.C6H8O/c1-4-14(2)18-17(15-10-6-5-7-11-15)20(22-3)27-21(24-18)25-19(26-27)16-12-8-9-13-23-16;1-3-4-6(2)5-7/h4-13,22H,1-3H3;3-5H,2H2,1H3/b14-4+;4-3-. The van der Waals surface area contributed by atoms with Crippen molar-refractivity contribution in [2.45, 2.75) is 20.8 Å². The van der Waals surface area contributed by atoms with E-state index in [1.165, 1.54) is 0 Å². The molecule has 3 aromatic heterocycles. The smallest absolute Gasteiger partial charge is 0.255 e. The Morgan fingerprint density at radius 1 is 1.06 bits per heavy atom. The van der Waals surface area contributed by atoms with Crippen molar-refractivity contribution in [3.8, 4) is 22.6 Å². The van der Waals surface area contributed by atoms with E-state index < -0.39 is 0 Å². The number of hydrogen-bond acceptors (Lipinski definition) is 6. The first-order valence-corrected chi connectivity index (χ1v) is 10.9. The molecule has 0 saturated heterocycles. The van der Waals surface area contributed by atoms with Gasteiger partial charge >= 0.3 is 0 Å². The van der Waals surface area contributed by atoms with Crippen LogP contribution < -0.4 is 5.32 Å². The number of nitrogens with zero attached hydrogens (tertiary/aromatic N) is 5. The van der Waals surface area contributed by atoms with Crippen molar-refractivity contribution in [1.82, 2.24) is 24.6 Å². The predicted octanol–water partition coefficient (Wildman–Crippen LogP) is 5.64. The maximum atomic E-state index is 9.74. The van der Waals surface area contributed by atoms with Gasteiger partial charge in [0.25, 0.3) is 5.78 Å². The van der Waals surface area contributed by atoms with Gasteiger partial charge in [0, 0.05) is 18.8 Å². The molecule has 0 fully saturated rings. The van der Waals surface area contributed by atoms with Crippen molar-refractivity contribution in [2.75, 3.05) is 12.4 Å². The van der Waals surface area contributed by atoms with Crippen LogP contribution in [0.2, 0.25) is 0 Å². The molecule has 0 unspecified atom stereocenters. The zero-order valence-electron chi connectivity index (χ0n) is 19.9. The first-order chi connectivity index (χ1) is 16.5.